The summed E-state index contributed by atoms with van der Waals surface area (Å²) in [6.45, 7) is 1.18. The van der Waals surface area contributed by atoms with E-state index in [1.165, 1.54) is 12.8 Å². The van der Waals surface area contributed by atoms with Gasteiger partial charge in [0.2, 0.25) is 5.91 Å². The molecule has 0 aromatic heterocycles. The summed E-state index contributed by atoms with van der Waals surface area (Å²) < 4.78 is 0. The minimum atomic E-state index is 0.103. The van der Waals surface area contributed by atoms with Gasteiger partial charge in [-0.3, -0.25) is 9.80 Å². The maximum absolute atomic E-state index is 11.5. The molecule has 1 spiro atoms. The second kappa shape index (κ2) is 3.27. The standard InChI is InChI=1S/C9H17N3O/c10-5-6-12-8(13)7-9(11-12)3-1-2-4-9/h11H,1-7,10H2. The molecule has 2 fully saturated rings. The lowest BCUT2D eigenvalue weighted by Crippen LogP contribution is -2.46. The quantitative estimate of drug-likeness (QED) is 0.633. The molecule has 3 N–H and O–H groups in total. The van der Waals surface area contributed by atoms with Crippen molar-refractivity contribution in [2.24, 2.45) is 5.73 Å². The Morgan fingerprint density at radius 3 is 2.77 bits per heavy atom. The Balaban J connectivity index is 2.01. The Labute approximate surface area is 78.4 Å². The SMILES string of the molecule is NCCN1NC2(CCCC2)CC1=O. The maximum Gasteiger partial charge on any atom is 0.238 e. The van der Waals surface area contributed by atoms with E-state index in [1.807, 2.05) is 0 Å². The molecule has 1 heterocycles. The maximum atomic E-state index is 11.5. The van der Waals surface area contributed by atoms with Gasteiger partial charge in [0.25, 0.3) is 0 Å². The smallest absolute Gasteiger partial charge is 0.238 e. The van der Waals surface area contributed by atoms with E-state index in [0.717, 1.165) is 12.8 Å². The van der Waals surface area contributed by atoms with Crippen molar-refractivity contribution in [2.75, 3.05) is 13.1 Å². The van der Waals surface area contributed by atoms with Crippen molar-refractivity contribution in [1.82, 2.24) is 10.4 Å². The number of hydrogen-bond acceptors (Lipinski definition) is 3. The summed E-state index contributed by atoms with van der Waals surface area (Å²) in [5, 5.41) is 1.70. The average Bonchev–Trinajstić information content (AvgIpc) is 2.63. The van der Waals surface area contributed by atoms with E-state index in [-0.39, 0.29) is 11.4 Å². The second-order valence-corrected chi connectivity index (χ2v) is 4.11. The third kappa shape index (κ3) is 1.56. The molecule has 0 aromatic rings. The lowest BCUT2D eigenvalue weighted by molar-refractivity contribution is -0.129. The summed E-state index contributed by atoms with van der Waals surface area (Å²) in [4.78, 5) is 11.5. The van der Waals surface area contributed by atoms with Gasteiger partial charge in [0, 0.05) is 25.0 Å². The van der Waals surface area contributed by atoms with Crippen LogP contribution in [0.25, 0.3) is 0 Å². The molecule has 74 valence electrons. The molecular formula is C9H17N3O. The zero-order valence-corrected chi connectivity index (χ0v) is 7.88. The van der Waals surface area contributed by atoms with Crippen LogP contribution in [-0.4, -0.2) is 29.5 Å². The molecule has 2 rings (SSSR count). The molecule has 0 atom stereocenters. The van der Waals surface area contributed by atoms with E-state index in [9.17, 15) is 4.79 Å². The third-order valence-corrected chi connectivity index (χ3v) is 3.08. The number of carbonyl (C=O) groups excluding carboxylic acids is 1. The second-order valence-electron chi connectivity index (χ2n) is 4.11. The van der Waals surface area contributed by atoms with E-state index in [4.69, 9.17) is 5.73 Å². The number of rotatable bonds is 2. The molecule has 0 aromatic carbocycles. The van der Waals surface area contributed by atoms with Crippen LogP contribution in [0.1, 0.15) is 32.1 Å². The van der Waals surface area contributed by atoms with Crippen LogP contribution < -0.4 is 11.2 Å². The summed E-state index contributed by atoms with van der Waals surface area (Å²) in [7, 11) is 0. The van der Waals surface area contributed by atoms with Crippen LogP contribution in [-0.2, 0) is 4.79 Å². The highest BCUT2D eigenvalue weighted by molar-refractivity contribution is 5.79. The van der Waals surface area contributed by atoms with Gasteiger partial charge < -0.3 is 5.73 Å². The minimum absolute atomic E-state index is 0.103. The molecule has 2 aliphatic rings. The van der Waals surface area contributed by atoms with Gasteiger partial charge in [-0.1, -0.05) is 12.8 Å². The number of nitrogens with two attached hydrogens (primary N) is 1. The van der Waals surface area contributed by atoms with Gasteiger partial charge in [0.05, 0.1) is 0 Å². The van der Waals surface area contributed by atoms with Crippen molar-refractivity contribution in [3.8, 4) is 0 Å². The van der Waals surface area contributed by atoms with Gasteiger partial charge in [0.1, 0.15) is 0 Å². The highest BCUT2D eigenvalue weighted by Crippen LogP contribution is 2.36. The predicted octanol–water partition coefficient (Wildman–Crippen LogP) is -0.00520. The summed E-state index contributed by atoms with van der Waals surface area (Å²) in [5.74, 6) is 0.215. The Morgan fingerprint density at radius 1 is 1.46 bits per heavy atom. The Bertz CT molecular complexity index is 211. The van der Waals surface area contributed by atoms with Crippen LogP contribution in [0.15, 0.2) is 0 Å². The van der Waals surface area contributed by atoms with E-state index in [0.29, 0.717) is 19.5 Å². The number of nitrogens with one attached hydrogen (secondary N) is 1. The van der Waals surface area contributed by atoms with Gasteiger partial charge in [-0.05, 0) is 12.8 Å². The Hall–Kier alpha value is -0.610. The minimum Gasteiger partial charge on any atom is -0.329 e. The first-order valence-electron chi connectivity index (χ1n) is 5.04. The summed E-state index contributed by atoms with van der Waals surface area (Å²) in [6.07, 6.45) is 5.44. The zero-order valence-electron chi connectivity index (χ0n) is 7.88. The zero-order chi connectivity index (χ0) is 9.31. The summed E-state index contributed by atoms with van der Waals surface area (Å²) >= 11 is 0. The highest BCUT2D eigenvalue weighted by atomic mass is 16.2. The van der Waals surface area contributed by atoms with Gasteiger partial charge >= 0.3 is 0 Å². The molecule has 1 saturated carbocycles. The van der Waals surface area contributed by atoms with E-state index >= 15 is 0 Å². The van der Waals surface area contributed by atoms with E-state index in [2.05, 4.69) is 5.43 Å². The first kappa shape index (κ1) is 8.97. The van der Waals surface area contributed by atoms with Crippen LogP contribution in [0.3, 0.4) is 0 Å². The molecule has 4 nitrogen and oxygen atoms in total. The number of hydrogen-bond donors (Lipinski definition) is 2. The molecule has 13 heavy (non-hydrogen) atoms. The molecule has 4 heteroatoms. The Kier molecular flexibility index (Phi) is 2.26. The largest absolute Gasteiger partial charge is 0.329 e. The van der Waals surface area contributed by atoms with Gasteiger partial charge in [0.15, 0.2) is 0 Å². The van der Waals surface area contributed by atoms with Gasteiger partial charge in [-0.15, -0.1) is 0 Å². The number of nitrogens with zero attached hydrogens (tertiary/aromatic N) is 1. The normalized spacial score (nSPS) is 26.2. The molecule has 1 aliphatic heterocycles. The molecule has 1 saturated heterocycles. The van der Waals surface area contributed by atoms with Gasteiger partial charge in [-0.2, -0.15) is 0 Å². The fourth-order valence-electron chi connectivity index (χ4n) is 2.42. The van der Waals surface area contributed by atoms with Crippen molar-refractivity contribution in [3.63, 3.8) is 0 Å². The molecule has 1 aliphatic carbocycles. The molecule has 0 bridgehead atoms. The van der Waals surface area contributed by atoms with Gasteiger partial charge in [-0.25, -0.2) is 5.43 Å². The van der Waals surface area contributed by atoms with Crippen molar-refractivity contribution < 1.29 is 4.79 Å². The number of hydrazine groups is 1. The molecule has 1 amide bonds. The molecule has 0 radical (unpaired) electrons. The van der Waals surface area contributed by atoms with Crippen molar-refractivity contribution >= 4 is 5.91 Å². The topological polar surface area (TPSA) is 58.4 Å². The monoisotopic (exact) mass is 183 g/mol. The number of carbonyl (C=O) groups is 1. The van der Waals surface area contributed by atoms with Crippen LogP contribution in [0.2, 0.25) is 0 Å². The number of amides is 1. The van der Waals surface area contributed by atoms with Crippen molar-refractivity contribution in [3.05, 3.63) is 0 Å². The van der Waals surface area contributed by atoms with Crippen LogP contribution >= 0.6 is 0 Å². The van der Waals surface area contributed by atoms with Crippen molar-refractivity contribution in [1.29, 1.82) is 0 Å². The van der Waals surface area contributed by atoms with Crippen molar-refractivity contribution in [2.45, 2.75) is 37.6 Å². The summed E-state index contributed by atoms with van der Waals surface area (Å²) in [6, 6.07) is 0. The molecule has 0 unspecified atom stereocenters. The first-order valence-corrected chi connectivity index (χ1v) is 5.04. The first-order chi connectivity index (χ1) is 6.26. The summed E-state index contributed by atoms with van der Waals surface area (Å²) in [5.41, 5.74) is 8.85. The van der Waals surface area contributed by atoms with E-state index in [1.54, 1.807) is 5.01 Å². The predicted molar refractivity (Wildman–Crippen MR) is 49.7 cm³/mol. The molecular weight excluding hydrogens is 166 g/mol. The average molecular weight is 183 g/mol. The van der Waals surface area contributed by atoms with E-state index < -0.39 is 0 Å². The fourth-order valence-corrected chi connectivity index (χ4v) is 2.42. The Morgan fingerprint density at radius 2 is 2.15 bits per heavy atom. The fraction of sp³-hybridized carbons (Fsp3) is 0.889. The lowest BCUT2D eigenvalue weighted by atomic mass is 9.96. The lowest BCUT2D eigenvalue weighted by Gasteiger charge is -2.24. The van der Waals surface area contributed by atoms with Crippen LogP contribution in [0.4, 0.5) is 0 Å². The van der Waals surface area contributed by atoms with Crippen LogP contribution in [0, 0.1) is 0 Å². The van der Waals surface area contributed by atoms with Crippen LogP contribution in [0.5, 0.6) is 0 Å². The third-order valence-electron chi connectivity index (χ3n) is 3.08. The highest BCUT2D eigenvalue weighted by Gasteiger charge is 2.43.